The molecule has 0 spiro atoms. The maximum Gasteiger partial charge on any atom is 0.338 e. The van der Waals surface area contributed by atoms with Crippen molar-refractivity contribution in [2.24, 2.45) is 4.99 Å². The van der Waals surface area contributed by atoms with Crippen LogP contribution in [0.2, 0.25) is 0 Å². The molecule has 5 aromatic rings. The molecule has 6 rings (SSSR count). The Bertz CT molecular complexity index is 2080. The van der Waals surface area contributed by atoms with Crippen molar-refractivity contribution < 1.29 is 14.3 Å². The fraction of sp³-hybridized carbons (Fsp3) is 0.216. The third-order valence-electron chi connectivity index (χ3n) is 7.93. The highest BCUT2D eigenvalue weighted by Crippen LogP contribution is 2.35. The van der Waals surface area contributed by atoms with E-state index < -0.39 is 12.0 Å². The van der Waals surface area contributed by atoms with Crippen LogP contribution in [0.1, 0.15) is 53.5 Å². The molecule has 0 N–H and O–H groups in total. The Labute approximate surface area is 266 Å². The second-order valence-electron chi connectivity index (χ2n) is 10.9. The Hall–Kier alpha value is -4.95. The molecule has 2 aromatic heterocycles. The van der Waals surface area contributed by atoms with Crippen LogP contribution in [0.5, 0.6) is 5.75 Å². The number of aromatic nitrogens is 2. The molecule has 1 aliphatic heterocycles. The van der Waals surface area contributed by atoms with E-state index in [0.717, 1.165) is 33.8 Å². The number of carbonyl (C=O) groups is 1. The van der Waals surface area contributed by atoms with Crippen molar-refractivity contribution in [3.8, 4) is 11.4 Å². The van der Waals surface area contributed by atoms with E-state index in [1.807, 2.05) is 67.6 Å². The topological polar surface area (TPSA) is 74.8 Å². The monoisotopic (exact) mass is 617 g/mol. The van der Waals surface area contributed by atoms with Crippen molar-refractivity contribution in [1.29, 1.82) is 0 Å². The van der Waals surface area contributed by atoms with Crippen LogP contribution in [0.3, 0.4) is 0 Å². The van der Waals surface area contributed by atoms with Gasteiger partial charge < -0.3 is 14.0 Å². The SMILES string of the molecule is CCOC(=O)C1=C(c2ccccc2)N=c2s/c(=C\c3cc(C)n(-c4ccc(C)cc4)c3C)c(=O)n2[C@@H]1c1ccc(OCC)cc1. The molecule has 0 amide bonds. The molecule has 228 valence electrons. The zero-order valence-electron chi connectivity index (χ0n) is 26.0. The number of fused-ring (bicyclic) bond motifs is 1. The zero-order valence-corrected chi connectivity index (χ0v) is 26.9. The van der Waals surface area contributed by atoms with E-state index in [1.165, 1.54) is 16.9 Å². The van der Waals surface area contributed by atoms with Gasteiger partial charge in [0.15, 0.2) is 4.80 Å². The van der Waals surface area contributed by atoms with E-state index in [2.05, 4.69) is 55.7 Å². The number of rotatable bonds is 8. The van der Waals surface area contributed by atoms with Crippen molar-refractivity contribution in [2.75, 3.05) is 13.2 Å². The van der Waals surface area contributed by atoms with Gasteiger partial charge in [0, 0.05) is 22.6 Å². The number of carbonyl (C=O) groups excluding carboxylic acids is 1. The van der Waals surface area contributed by atoms with Gasteiger partial charge in [0.25, 0.3) is 5.56 Å². The summed E-state index contributed by atoms with van der Waals surface area (Å²) in [6.07, 6.45) is 1.93. The molecular formula is C37H35N3O4S. The first kappa shape index (κ1) is 30.1. The van der Waals surface area contributed by atoms with E-state index >= 15 is 0 Å². The van der Waals surface area contributed by atoms with Gasteiger partial charge in [0.2, 0.25) is 0 Å². The van der Waals surface area contributed by atoms with Crippen LogP contribution in [0, 0.1) is 20.8 Å². The first-order valence-corrected chi connectivity index (χ1v) is 15.9. The first-order valence-electron chi connectivity index (χ1n) is 15.1. The first-order chi connectivity index (χ1) is 21.8. The van der Waals surface area contributed by atoms with Gasteiger partial charge in [-0.3, -0.25) is 9.36 Å². The Morgan fingerprint density at radius 2 is 1.64 bits per heavy atom. The van der Waals surface area contributed by atoms with Crippen molar-refractivity contribution in [2.45, 2.75) is 40.7 Å². The Morgan fingerprint density at radius 3 is 2.31 bits per heavy atom. The molecular weight excluding hydrogens is 582 g/mol. The molecule has 0 unspecified atom stereocenters. The number of ether oxygens (including phenoxy) is 2. The van der Waals surface area contributed by atoms with Crippen LogP contribution < -0.4 is 19.6 Å². The fourth-order valence-corrected chi connectivity index (χ4v) is 6.83. The van der Waals surface area contributed by atoms with Crippen LogP contribution in [-0.4, -0.2) is 28.3 Å². The van der Waals surface area contributed by atoms with Gasteiger partial charge in [-0.2, -0.15) is 0 Å². The highest BCUT2D eigenvalue weighted by atomic mass is 32.1. The zero-order chi connectivity index (χ0) is 31.7. The predicted molar refractivity (Wildman–Crippen MR) is 179 cm³/mol. The molecule has 0 fully saturated rings. The van der Waals surface area contributed by atoms with E-state index in [4.69, 9.17) is 14.5 Å². The summed E-state index contributed by atoms with van der Waals surface area (Å²) in [5.74, 6) is 0.206. The van der Waals surface area contributed by atoms with E-state index in [-0.39, 0.29) is 12.2 Å². The minimum atomic E-state index is -0.742. The average molecular weight is 618 g/mol. The van der Waals surface area contributed by atoms with Gasteiger partial charge in [-0.25, -0.2) is 9.79 Å². The lowest BCUT2D eigenvalue weighted by Crippen LogP contribution is -2.40. The highest BCUT2D eigenvalue weighted by Gasteiger charge is 2.35. The molecule has 1 aliphatic rings. The Balaban J connectivity index is 1.58. The number of esters is 1. The van der Waals surface area contributed by atoms with Crippen LogP contribution in [0.4, 0.5) is 0 Å². The normalized spacial score (nSPS) is 14.7. The van der Waals surface area contributed by atoms with Gasteiger partial charge in [-0.05, 0) is 82.2 Å². The summed E-state index contributed by atoms with van der Waals surface area (Å²) < 4.78 is 15.6. The van der Waals surface area contributed by atoms with Gasteiger partial charge in [0.1, 0.15) is 5.75 Å². The Morgan fingerprint density at radius 1 is 0.933 bits per heavy atom. The van der Waals surface area contributed by atoms with E-state index in [0.29, 0.717) is 33.0 Å². The van der Waals surface area contributed by atoms with Gasteiger partial charge >= 0.3 is 5.97 Å². The number of aryl methyl sites for hydroxylation is 2. The number of hydrogen-bond donors (Lipinski definition) is 0. The van der Waals surface area contributed by atoms with Crippen molar-refractivity contribution in [3.05, 3.63) is 144 Å². The fourth-order valence-electron chi connectivity index (χ4n) is 5.83. The maximum atomic E-state index is 14.3. The standard InChI is InChI=1S/C37H35N3O4S/c1-6-43-30-19-15-27(16-20-30)34-32(36(42)44-7-2)33(26-11-9-8-10-12-26)38-37-40(34)35(41)31(45-37)22-28-21-24(4)39(25(28)5)29-17-13-23(3)14-18-29/h8-22,34H,6-7H2,1-5H3/b31-22-/t34-/m1/s1. The largest absolute Gasteiger partial charge is 0.494 e. The molecule has 0 saturated heterocycles. The summed E-state index contributed by atoms with van der Waals surface area (Å²) in [4.78, 5) is 33.5. The molecule has 7 nitrogen and oxygen atoms in total. The summed E-state index contributed by atoms with van der Waals surface area (Å²) in [5.41, 5.74) is 7.45. The minimum absolute atomic E-state index is 0.196. The molecule has 0 bridgehead atoms. The molecule has 0 aliphatic carbocycles. The lowest BCUT2D eigenvalue weighted by molar-refractivity contribution is -0.138. The smallest absolute Gasteiger partial charge is 0.338 e. The third kappa shape index (κ3) is 5.69. The summed E-state index contributed by atoms with van der Waals surface area (Å²) in [5, 5.41) is 0. The Kier molecular flexibility index (Phi) is 8.41. The molecule has 1 atom stereocenters. The number of hydrogen-bond acceptors (Lipinski definition) is 6. The number of nitrogens with zero attached hydrogens (tertiary/aromatic N) is 3. The summed E-state index contributed by atoms with van der Waals surface area (Å²) in [6.45, 7) is 10.6. The maximum absolute atomic E-state index is 14.3. The van der Waals surface area contributed by atoms with E-state index in [1.54, 1.807) is 11.5 Å². The molecule has 45 heavy (non-hydrogen) atoms. The second kappa shape index (κ2) is 12.6. The van der Waals surface area contributed by atoms with Crippen LogP contribution >= 0.6 is 11.3 Å². The van der Waals surface area contributed by atoms with Gasteiger partial charge in [-0.15, -0.1) is 0 Å². The molecule has 8 heteroatoms. The average Bonchev–Trinajstić information content (AvgIpc) is 3.51. The van der Waals surface area contributed by atoms with Crippen LogP contribution in [-0.2, 0) is 9.53 Å². The van der Waals surface area contributed by atoms with E-state index in [9.17, 15) is 9.59 Å². The second-order valence-corrected chi connectivity index (χ2v) is 11.9. The predicted octanol–water partition coefficient (Wildman–Crippen LogP) is 6.05. The van der Waals surface area contributed by atoms with Gasteiger partial charge in [0.05, 0.1) is 35.1 Å². The summed E-state index contributed by atoms with van der Waals surface area (Å²) in [6, 6.07) is 26.8. The molecule has 3 aromatic carbocycles. The lowest BCUT2D eigenvalue weighted by atomic mass is 9.93. The van der Waals surface area contributed by atoms with Gasteiger partial charge in [-0.1, -0.05) is 71.5 Å². The molecule has 0 radical (unpaired) electrons. The van der Waals surface area contributed by atoms with Crippen molar-refractivity contribution in [1.82, 2.24) is 9.13 Å². The summed E-state index contributed by atoms with van der Waals surface area (Å²) >= 11 is 1.32. The number of benzene rings is 3. The molecule has 0 saturated carbocycles. The lowest BCUT2D eigenvalue weighted by Gasteiger charge is -2.26. The third-order valence-corrected chi connectivity index (χ3v) is 8.91. The number of thiazole rings is 1. The van der Waals surface area contributed by atoms with Crippen molar-refractivity contribution in [3.63, 3.8) is 0 Å². The highest BCUT2D eigenvalue weighted by molar-refractivity contribution is 7.07. The van der Waals surface area contributed by atoms with Crippen LogP contribution in [0.15, 0.2) is 100 Å². The van der Waals surface area contributed by atoms with Crippen LogP contribution in [0.25, 0.3) is 17.5 Å². The summed E-state index contributed by atoms with van der Waals surface area (Å²) in [7, 11) is 0. The minimum Gasteiger partial charge on any atom is -0.494 e. The van der Waals surface area contributed by atoms with Crippen molar-refractivity contribution >= 4 is 29.1 Å². The molecule has 3 heterocycles. The quantitative estimate of drug-likeness (QED) is 0.199.